The summed E-state index contributed by atoms with van der Waals surface area (Å²) in [7, 11) is -1.98. The average molecular weight is 438 g/mol. The van der Waals surface area contributed by atoms with Gasteiger partial charge in [-0.15, -0.1) is 0 Å². The quantitative estimate of drug-likeness (QED) is 0.771. The van der Waals surface area contributed by atoms with Gasteiger partial charge < -0.3 is 15.0 Å². The molecule has 156 valence electrons. The van der Waals surface area contributed by atoms with Crippen LogP contribution in [0, 0.1) is 0 Å². The third kappa shape index (κ3) is 4.76. The molecule has 1 aliphatic rings. The van der Waals surface area contributed by atoms with Crippen LogP contribution in [0.5, 0.6) is 0 Å². The minimum Gasteiger partial charge on any atom is -0.453 e. The first kappa shape index (κ1) is 21.3. The lowest BCUT2D eigenvalue weighted by atomic mass is 10.1. The molecule has 1 aromatic carbocycles. The molecule has 8 nitrogen and oxygen atoms in total. The van der Waals surface area contributed by atoms with Gasteiger partial charge in [0.1, 0.15) is 0 Å². The normalized spacial score (nSPS) is 13.9. The fourth-order valence-corrected chi connectivity index (χ4v) is 5.05. The van der Waals surface area contributed by atoms with Crippen LogP contribution in [0.1, 0.15) is 30.0 Å². The van der Waals surface area contributed by atoms with E-state index in [1.807, 2.05) is 0 Å². The summed E-state index contributed by atoms with van der Waals surface area (Å²) in [5, 5.41) is 2.78. The number of rotatable bonds is 5. The highest BCUT2D eigenvalue weighted by atomic mass is 32.2. The molecule has 0 fully saturated rings. The van der Waals surface area contributed by atoms with Gasteiger partial charge in [0.2, 0.25) is 5.91 Å². The van der Waals surface area contributed by atoms with Crippen molar-refractivity contribution in [3.8, 4) is 0 Å². The molecule has 3 rings (SSSR count). The third-order valence-corrected chi connectivity index (χ3v) is 7.82. The summed E-state index contributed by atoms with van der Waals surface area (Å²) in [6.45, 7) is 4.22. The predicted octanol–water partition coefficient (Wildman–Crippen LogP) is 2.63. The van der Waals surface area contributed by atoms with E-state index in [1.165, 1.54) is 30.6 Å². The van der Waals surface area contributed by atoms with E-state index in [4.69, 9.17) is 4.74 Å². The molecule has 10 heteroatoms. The first-order valence-corrected chi connectivity index (χ1v) is 11.5. The highest BCUT2D eigenvalue weighted by Crippen LogP contribution is 2.28. The molecule has 0 saturated heterocycles. The average Bonchev–Trinajstić information content (AvgIpc) is 3.08. The Balaban J connectivity index is 1.62. The molecule has 2 heterocycles. The number of benzene rings is 1. The molecule has 0 atom stereocenters. The van der Waals surface area contributed by atoms with Crippen LogP contribution in [0.2, 0.25) is 0 Å². The fraction of sp³-hybridized carbons (Fsp3) is 0.421. The van der Waals surface area contributed by atoms with Gasteiger partial charge in [0.25, 0.3) is 0 Å². The molecule has 1 aliphatic heterocycles. The van der Waals surface area contributed by atoms with Crippen LogP contribution in [0.3, 0.4) is 0 Å². The van der Waals surface area contributed by atoms with Crippen molar-refractivity contribution in [1.82, 2.24) is 9.88 Å². The summed E-state index contributed by atoms with van der Waals surface area (Å²) >= 11 is 1.34. The van der Waals surface area contributed by atoms with Gasteiger partial charge in [-0.2, -0.15) is 0 Å². The Hall–Kier alpha value is -2.46. The van der Waals surface area contributed by atoms with Crippen LogP contribution in [-0.4, -0.2) is 49.2 Å². The minimum absolute atomic E-state index is 0.112. The van der Waals surface area contributed by atoms with E-state index >= 15 is 0 Å². The molecule has 0 bridgehead atoms. The molecule has 2 amide bonds. The molecule has 0 unspecified atom stereocenters. The highest BCUT2D eigenvalue weighted by Gasteiger charge is 2.25. The summed E-state index contributed by atoms with van der Waals surface area (Å²) < 4.78 is 29.1. The molecule has 2 aromatic rings. The molecule has 1 aromatic heterocycles. The number of sulfone groups is 1. The summed E-state index contributed by atoms with van der Waals surface area (Å²) in [6, 6.07) is 6.36. The number of ether oxygens (including phenoxy) is 1. The standard InChI is InChI=1S/C19H23N3O5S2/c1-12(2)29(25,26)14-6-4-13(5-7-14)10-17(23)21-18-20-15-8-9-22(19(24)27-3)11-16(15)28-18/h4-7,12H,8-11H2,1-3H3,(H,20,21,23). The number of methoxy groups -OCH3 is 1. The van der Waals surface area contributed by atoms with Gasteiger partial charge >= 0.3 is 6.09 Å². The second kappa shape index (κ2) is 8.50. The maximum absolute atomic E-state index is 12.4. The molecule has 0 saturated carbocycles. The van der Waals surface area contributed by atoms with Crippen molar-refractivity contribution in [2.45, 2.75) is 43.4 Å². The van der Waals surface area contributed by atoms with Gasteiger partial charge in [0.05, 0.1) is 35.9 Å². The Kier molecular flexibility index (Phi) is 6.23. The number of hydrogen-bond acceptors (Lipinski definition) is 7. The van der Waals surface area contributed by atoms with Crippen molar-refractivity contribution in [3.63, 3.8) is 0 Å². The SMILES string of the molecule is COC(=O)N1CCc2nc(NC(=O)Cc3ccc(S(=O)(=O)C(C)C)cc3)sc2C1. The van der Waals surface area contributed by atoms with Crippen molar-refractivity contribution in [2.75, 3.05) is 19.0 Å². The number of nitrogens with zero attached hydrogens (tertiary/aromatic N) is 2. The maximum Gasteiger partial charge on any atom is 0.409 e. The predicted molar refractivity (Wildman–Crippen MR) is 110 cm³/mol. The van der Waals surface area contributed by atoms with Crippen molar-refractivity contribution in [2.24, 2.45) is 0 Å². The van der Waals surface area contributed by atoms with Crippen LogP contribution in [0.25, 0.3) is 0 Å². The van der Waals surface area contributed by atoms with E-state index in [0.717, 1.165) is 10.6 Å². The molecular formula is C19H23N3O5S2. The van der Waals surface area contributed by atoms with E-state index in [2.05, 4.69) is 10.3 Å². The zero-order valence-corrected chi connectivity index (χ0v) is 18.1. The number of thiazole rings is 1. The lowest BCUT2D eigenvalue weighted by molar-refractivity contribution is -0.115. The van der Waals surface area contributed by atoms with E-state index in [1.54, 1.807) is 30.9 Å². The number of carbonyl (C=O) groups is 2. The Morgan fingerprint density at radius 2 is 1.97 bits per heavy atom. The lowest BCUT2D eigenvalue weighted by Crippen LogP contribution is -2.35. The van der Waals surface area contributed by atoms with E-state index in [0.29, 0.717) is 30.2 Å². The van der Waals surface area contributed by atoms with Crippen molar-refractivity contribution >= 4 is 38.3 Å². The summed E-state index contributed by atoms with van der Waals surface area (Å²) in [5.41, 5.74) is 1.59. The Morgan fingerprint density at radius 3 is 2.59 bits per heavy atom. The first-order chi connectivity index (χ1) is 13.7. The van der Waals surface area contributed by atoms with Gasteiger partial charge in [0.15, 0.2) is 15.0 Å². The van der Waals surface area contributed by atoms with Crippen LogP contribution in [0.15, 0.2) is 29.2 Å². The molecule has 0 aliphatic carbocycles. The lowest BCUT2D eigenvalue weighted by Gasteiger charge is -2.24. The fourth-order valence-electron chi connectivity index (χ4n) is 2.95. The number of nitrogens with one attached hydrogen (secondary N) is 1. The maximum atomic E-state index is 12.4. The molecule has 29 heavy (non-hydrogen) atoms. The zero-order chi connectivity index (χ0) is 21.2. The molecule has 1 N–H and O–H groups in total. The number of carbonyl (C=O) groups excluding carboxylic acids is 2. The topological polar surface area (TPSA) is 106 Å². The Labute approximate surface area is 173 Å². The van der Waals surface area contributed by atoms with Gasteiger partial charge in [-0.1, -0.05) is 23.5 Å². The van der Waals surface area contributed by atoms with Crippen molar-refractivity contribution < 1.29 is 22.7 Å². The summed E-state index contributed by atoms with van der Waals surface area (Å²) in [5.74, 6) is -0.236. The van der Waals surface area contributed by atoms with Gasteiger partial charge in [-0.25, -0.2) is 18.2 Å². The second-order valence-corrected chi connectivity index (χ2v) is 10.6. The van der Waals surface area contributed by atoms with Gasteiger partial charge in [-0.05, 0) is 31.5 Å². The zero-order valence-electron chi connectivity index (χ0n) is 16.5. The smallest absolute Gasteiger partial charge is 0.409 e. The number of anilines is 1. The van der Waals surface area contributed by atoms with Crippen molar-refractivity contribution in [1.29, 1.82) is 0 Å². The van der Waals surface area contributed by atoms with Crippen LogP contribution >= 0.6 is 11.3 Å². The number of aromatic nitrogens is 1. The van der Waals surface area contributed by atoms with Crippen molar-refractivity contribution in [3.05, 3.63) is 40.4 Å². The van der Waals surface area contributed by atoms with E-state index < -0.39 is 15.1 Å². The second-order valence-electron chi connectivity index (χ2n) is 6.99. The third-order valence-electron chi connectivity index (χ3n) is 4.65. The van der Waals surface area contributed by atoms with Crippen LogP contribution in [-0.2, 0) is 38.8 Å². The Morgan fingerprint density at radius 1 is 1.28 bits per heavy atom. The minimum atomic E-state index is -3.33. The highest BCUT2D eigenvalue weighted by molar-refractivity contribution is 7.92. The number of amides is 2. The molecular weight excluding hydrogens is 414 g/mol. The van der Waals surface area contributed by atoms with Crippen LogP contribution < -0.4 is 5.32 Å². The molecule has 0 spiro atoms. The molecule has 0 radical (unpaired) electrons. The first-order valence-electron chi connectivity index (χ1n) is 9.15. The van der Waals surface area contributed by atoms with Gasteiger partial charge in [0, 0.05) is 17.8 Å². The Bertz CT molecular complexity index is 1010. The summed E-state index contributed by atoms with van der Waals surface area (Å²) in [6.07, 6.45) is 0.348. The van der Waals surface area contributed by atoms with Gasteiger partial charge in [-0.3, -0.25) is 4.79 Å². The number of hydrogen-bond donors (Lipinski definition) is 1. The monoisotopic (exact) mass is 437 g/mol. The van der Waals surface area contributed by atoms with E-state index in [9.17, 15) is 18.0 Å². The summed E-state index contributed by atoms with van der Waals surface area (Å²) in [4.78, 5) is 31.2. The van der Waals surface area contributed by atoms with E-state index in [-0.39, 0.29) is 23.3 Å². The number of fused-ring (bicyclic) bond motifs is 1. The van der Waals surface area contributed by atoms with Crippen LogP contribution in [0.4, 0.5) is 9.93 Å². The largest absolute Gasteiger partial charge is 0.453 e.